The molecule has 32 nitrogen and oxygen atoms in total. The second-order valence-electron chi connectivity index (χ2n) is 26.5. The fraction of sp³-hybridized carbons (Fsp3) is 0.519. The maximum absolute atomic E-state index is 10.2. The first-order valence-electron chi connectivity index (χ1n) is 35.5. The average molecular weight is 1620 g/mol. The number of carbonyl (C=O) groups excluding carboxylic acids is 3. The van der Waals surface area contributed by atoms with Gasteiger partial charge in [0.15, 0.2) is 87.9 Å². The van der Waals surface area contributed by atoms with E-state index in [1.165, 1.54) is 103 Å². The van der Waals surface area contributed by atoms with Crippen LogP contribution in [0, 0.1) is 23.7 Å². The highest BCUT2D eigenvalue weighted by Gasteiger charge is 2.47. The Bertz CT molecular complexity index is 3370. The van der Waals surface area contributed by atoms with Gasteiger partial charge in [0.2, 0.25) is 0 Å². The molecular formula is C81H130O32. The molecule has 0 aromatic heterocycles. The van der Waals surface area contributed by atoms with Gasteiger partial charge in [-0.05, 0) is 190 Å². The van der Waals surface area contributed by atoms with E-state index in [4.69, 9.17) is 87.5 Å². The number of aldehydes is 3. The lowest BCUT2D eigenvalue weighted by molar-refractivity contribution is -0.314. The predicted molar refractivity (Wildman–Crippen MR) is 424 cm³/mol. The Morgan fingerprint density at radius 1 is 0.522 bits per heavy atom. The van der Waals surface area contributed by atoms with Crippen molar-refractivity contribution < 1.29 is 160 Å². The highest BCUT2D eigenvalue weighted by molar-refractivity contribution is 5.77. The summed E-state index contributed by atoms with van der Waals surface area (Å²) in [6.07, 6.45) is 7.67. The van der Waals surface area contributed by atoms with Gasteiger partial charge in [-0.25, -0.2) is 0 Å². The molecule has 646 valence electrons. The van der Waals surface area contributed by atoms with Crippen LogP contribution in [0.5, 0.6) is 69.0 Å². The minimum atomic E-state index is -0.723. The van der Waals surface area contributed by atoms with E-state index >= 15 is 0 Å². The Kier molecular flexibility index (Phi) is 58.9. The third kappa shape index (κ3) is 39.2. The largest absolute Gasteiger partial charge is 0.870 e. The van der Waals surface area contributed by atoms with Gasteiger partial charge in [-0.3, -0.25) is 14.4 Å². The second-order valence-corrected chi connectivity index (χ2v) is 26.5. The summed E-state index contributed by atoms with van der Waals surface area (Å²) in [5, 5.41) is 99.2. The summed E-state index contributed by atoms with van der Waals surface area (Å²) in [6.45, 7) is 23.5. The molecule has 6 aromatic rings. The molecule has 10 atom stereocenters. The molecule has 0 spiro atoms. The molecule has 2 heterocycles. The van der Waals surface area contributed by atoms with Crippen molar-refractivity contribution in [2.45, 2.75) is 176 Å². The first kappa shape index (κ1) is 113. The number of aliphatic hydroxyl groups excluding tert-OH is 4. The Morgan fingerprint density at radius 2 is 0.867 bits per heavy atom. The summed E-state index contributed by atoms with van der Waals surface area (Å²) in [7, 11) is 8.87. The standard InChI is InChI=1S/C18H26O4.C12H18O4.C11H14O4.C10H20O2.3C8H8O3.C3H8O2.C3H8O.6H2O/c1-11-5-7-13-15(9-11)21-17(22-18(13,2)3)12-6-8-14(19)16(10-12)20-4;1-4-15-12(16-5-2)9-6-7-10(13)11(8-9)14-3;1-7-6-14-11(15-7)8-3-4-9(12)10(5-8)13-2;1-7-4-5-8(9(11)6-7)10(2,3)12;3*1-11-8-4-6(5-9)2-3-7(8)10;1-3(5)2-4;1-2-3-4;;;;;;/h6,8,10-11,13,15,17,19H,5,7,9H2,1-4H3;6-8,12-13H,4-5H2,1-3H3;3-5,7,11-12H,6H2,1-2H3;7-9,11-12H,4-6H2,1-3H3;3*2-5,10H,1H3;3-5H,2H2,1H3;4H,2-3H2,1H3;6*1H2/t11-,13-,15-,17?;;;7-,8-,9-;;;;;;;;;;;/m1..1.........../s1. The molecule has 4 unspecified atom stereocenters. The normalized spacial score (nSPS) is 19.2. The van der Waals surface area contributed by atoms with Crippen molar-refractivity contribution in [3.8, 4) is 69.0 Å². The van der Waals surface area contributed by atoms with Crippen LogP contribution in [0.2, 0.25) is 0 Å². The van der Waals surface area contributed by atoms with Gasteiger partial charge in [0.1, 0.15) is 18.9 Å². The SMILES string of the molecule is CC(O)CO.CCCO.CCOC(OCC)c1ccc(O)c(OC)c1.COc1cc(C2OCC(C)O2)ccc1O.COc1cc(C2O[C@@H]3C[C@H](C)CC[C@H]3C(C)(C)O2)ccc1O.COc1cc(C=O)ccc1O.COc1cc(C=O)ccc1O.COc1cc(C=O)ccc1O.C[C@@H]1CC[C@@H](C(C)(C)O)[C@H](O)C1.[OH-].[OH-].[OH-].[OH3+].[OH3+].[OH3+]. The molecule has 0 amide bonds. The number of rotatable bonds is 19. The number of fused-ring (bicyclic) bond motifs is 1. The molecule has 6 aromatic carbocycles. The van der Waals surface area contributed by atoms with E-state index in [9.17, 15) is 39.9 Å². The van der Waals surface area contributed by atoms with Crippen molar-refractivity contribution in [2.75, 3.05) is 75.7 Å². The minimum Gasteiger partial charge on any atom is -0.870 e. The van der Waals surface area contributed by atoms with Crippen molar-refractivity contribution in [1.29, 1.82) is 0 Å². The van der Waals surface area contributed by atoms with E-state index in [2.05, 4.69) is 27.7 Å². The Balaban J connectivity index is -0.000000396. The van der Waals surface area contributed by atoms with Crippen molar-refractivity contribution in [3.05, 3.63) is 143 Å². The van der Waals surface area contributed by atoms with E-state index < -0.39 is 24.3 Å². The van der Waals surface area contributed by atoms with Gasteiger partial charge in [-0.15, -0.1) is 0 Å². The lowest BCUT2D eigenvalue weighted by Gasteiger charge is -2.50. The highest BCUT2D eigenvalue weighted by atomic mass is 16.7. The molecule has 2 aliphatic heterocycles. The van der Waals surface area contributed by atoms with E-state index in [0.29, 0.717) is 114 Å². The molecule has 2 saturated carbocycles. The summed E-state index contributed by atoms with van der Waals surface area (Å²) < 4.78 is 63.9. The molecule has 4 aliphatic rings. The summed E-state index contributed by atoms with van der Waals surface area (Å²) in [5.74, 6) is 4.53. The highest BCUT2D eigenvalue weighted by Crippen LogP contribution is 2.48. The zero-order valence-corrected chi connectivity index (χ0v) is 68.1. The Hall–Kier alpha value is -8.75. The molecule has 32 heteroatoms. The van der Waals surface area contributed by atoms with Crippen LogP contribution < -0.4 is 28.4 Å². The van der Waals surface area contributed by atoms with Crippen LogP contribution in [0.1, 0.15) is 188 Å². The third-order valence-corrected chi connectivity index (χ3v) is 17.1. The quantitative estimate of drug-likeness (QED) is 0.0204. The van der Waals surface area contributed by atoms with Gasteiger partial charge in [-0.1, -0.05) is 51.8 Å². The monoisotopic (exact) mass is 1610 g/mol. The van der Waals surface area contributed by atoms with E-state index in [1.807, 2.05) is 33.8 Å². The van der Waals surface area contributed by atoms with E-state index in [0.717, 1.165) is 55.2 Å². The van der Waals surface area contributed by atoms with Crippen LogP contribution in [0.25, 0.3) is 0 Å². The number of benzene rings is 6. The molecule has 0 bridgehead atoms. The Morgan fingerprint density at radius 3 is 1.19 bits per heavy atom. The molecular weight excluding hydrogens is 1480 g/mol. The summed E-state index contributed by atoms with van der Waals surface area (Å²) in [6, 6.07) is 28.6. The van der Waals surface area contributed by atoms with Crippen LogP contribution in [-0.4, -0.2) is 203 Å². The van der Waals surface area contributed by atoms with E-state index in [1.54, 1.807) is 69.5 Å². The smallest absolute Gasteiger partial charge is 0.184 e. The van der Waals surface area contributed by atoms with Crippen molar-refractivity contribution >= 4 is 18.9 Å². The van der Waals surface area contributed by atoms with Gasteiger partial charge in [0.05, 0.1) is 91.5 Å². The number of phenols is 6. The van der Waals surface area contributed by atoms with Gasteiger partial charge in [-0.2, -0.15) is 0 Å². The topological polar surface area (TPSA) is 574 Å². The summed E-state index contributed by atoms with van der Waals surface area (Å²) in [5.41, 5.74) is 3.10. The van der Waals surface area contributed by atoms with Crippen LogP contribution in [0.15, 0.2) is 109 Å². The van der Waals surface area contributed by atoms with Crippen LogP contribution in [0.4, 0.5) is 0 Å². The van der Waals surface area contributed by atoms with Gasteiger partial charge < -0.3 is 146 Å². The van der Waals surface area contributed by atoms with Gasteiger partial charge in [0, 0.05) is 65.0 Å². The Labute approximate surface area is 663 Å². The van der Waals surface area contributed by atoms with Crippen LogP contribution >= 0.6 is 0 Å². The summed E-state index contributed by atoms with van der Waals surface area (Å²) >= 11 is 0. The number of phenolic OH excluding ortho intramolecular Hbond substituents is 6. The molecule has 4 fully saturated rings. The van der Waals surface area contributed by atoms with Gasteiger partial charge in [0.25, 0.3) is 0 Å². The lowest BCUT2D eigenvalue weighted by atomic mass is 9.72. The maximum Gasteiger partial charge on any atom is 0.184 e. The number of hydrogen-bond donors (Lipinski definition) is 11. The maximum atomic E-state index is 10.2. The molecule has 2 saturated heterocycles. The van der Waals surface area contributed by atoms with Crippen LogP contribution in [0.3, 0.4) is 0 Å². The minimum absolute atomic E-state index is 0. The predicted octanol–water partition coefficient (Wildman–Crippen LogP) is 9.98. The third-order valence-electron chi connectivity index (χ3n) is 17.1. The molecule has 113 heavy (non-hydrogen) atoms. The molecule has 0 radical (unpaired) electrons. The van der Waals surface area contributed by atoms with Crippen molar-refractivity contribution in [1.82, 2.24) is 0 Å². The van der Waals surface area contributed by atoms with Gasteiger partial charge >= 0.3 is 0 Å². The average Bonchev–Trinajstić information content (AvgIpc) is 1.08. The first-order valence-corrected chi connectivity index (χ1v) is 35.5. The number of hydrogen-bond acceptors (Lipinski definition) is 29. The lowest BCUT2D eigenvalue weighted by Crippen LogP contribution is -2.51. The zero-order chi connectivity index (χ0) is 80.6. The van der Waals surface area contributed by atoms with Crippen molar-refractivity contribution in [3.63, 3.8) is 0 Å². The number of aromatic hydroxyl groups is 6. The zero-order valence-electron chi connectivity index (χ0n) is 68.1. The number of carbonyl (C=O) groups is 3. The number of aliphatic hydroxyl groups is 5. The second kappa shape index (κ2) is 59.0. The molecule has 2 aliphatic carbocycles. The first-order chi connectivity index (χ1) is 50.7. The van der Waals surface area contributed by atoms with Crippen LogP contribution in [-0.2, 0) is 44.8 Å². The van der Waals surface area contributed by atoms with E-state index in [-0.39, 0.29) is 110 Å². The number of ether oxygens (including phenoxy) is 12. The summed E-state index contributed by atoms with van der Waals surface area (Å²) in [4.78, 5) is 30.7. The number of methoxy groups -OCH3 is 6. The fourth-order valence-corrected chi connectivity index (χ4v) is 11.2. The molecule has 10 rings (SSSR count). The molecule has 23 N–H and O–H groups in total. The fourth-order valence-electron chi connectivity index (χ4n) is 11.2. The van der Waals surface area contributed by atoms with Crippen molar-refractivity contribution in [2.24, 2.45) is 23.7 Å².